The summed E-state index contributed by atoms with van der Waals surface area (Å²) in [5, 5.41) is 0.843. The SMILES string of the molecule is NCC1CC(=O)N(c2nc3c(s2)C[C@H](N)CC3)C1. The van der Waals surface area contributed by atoms with Crippen molar-refractivity contribution in [2.24, 2.45) is 17.4 Å². The lowest BCUT2D eigenvalue weighted by atomic mass is 9.99. The number of anilines is 1. The molecule has 0 aromatic carbocycles. The summed E-state index contributed by atoms with van der Waals surface area (Å²) in [5.41, 5.74) is 12.7. The van der Waals surface area contributed by atoms with Gasteiger partial charge in [-0.15, -0.1) is 11.3 Å². The van der Waals surface area contributed by atoms with Crippen molar-refractivity contribution in [2.45, 2.75) is 31.7 Å². The average Bonchev–Trinajstić information content (AvgIpc) is 2.91. The second-order valence-corrected chi connectivity index (χ2v) is 6.24. The van der Waals surface area contributed by atoms with E-state index in [1.54, 1.807) is 16.2 Å². The monoisotopic (exact) mass is 266 g/mol. The van der Waals surface area contributed by atoms with E-state index in [2.05, 4.69) is 4.98 Å². The molecule has 0 saturated carbocycles. The first kappa shape index (κ1) is 12.1. The van der Waals surface area contributed by atoms with E-state index < -0.39 is 0 Å². The molecule has 2 aliphatic rings. The molecule has 6 heteroatoms. The molecule has 1 aromatic rings. The first-order valence-corrected chi connectivity index (χ1v) is 7.23. The third-order valence-electron chi connectivity index (χ3n) is 3.74. The molecular weight excluding hydrogens is 248 g/mol. The zero-order valence-corrected chi connectivity index (χ0v) is 11.1. The molecule has 1 unspecified atom stereocenters. The van der Waals surface area contributed by atoms with Gasteiger partial charge in [0.2, 0.25) is 5.91 Å². The number of amides is 1. The standard InChI is InChI=1S/C12H18N4OS/c13-5-7-3-11(17)16(6-7)12-15-9-2-1-8(14)4-10(9)18-12/h7-8H,1-6,13-14H2/t7?,8-/m1/s1. The van der Waals surface area contributed by atoms with Crippen molar-refractivity contribution in [2.75, 3.05) is 18.0 Å². The summed E-state index contributed by atoms with van der Waals surface area (Å²) < 4.78 is 0. The number of nitrogens with zero attached hydrogens (tertiary/aromatic N) is 2. The molecule has 0 radical (unpaired) electrons. The topological polar surface area (TPSA) is 85.2 Å². The molecule has 5 nitrogen and oxygen atoms in total. The van der Waals surface area contributed by atoms with Crippen LogP contribution in [0.1, 0.15) is 23.4 Å². The lowest BCUT2D eigenvalue weighted by Crippen LogP contribution is -2.27. The minimum Gasteiger partial charge on any atom is -0.330 e. The summed E-state index contributed by atoms with van der Waals surface area (Å²) in [6, 6.07) is 0.247. The minimum atomic E-state index is 0.154. The van der Waals surface area contributed by atoms with E-state index in [0.717, 1.165) is 30.1 Å². The molecular formula is C12H18N4OS. The van der Waals surface area contributed by atoms with Gasteiger partial charge < -0.3 is 11.5 Å². The third kappa shape index (κ3) is 2.04. The maximum absolute atomic E-state index is 11.9. The van der Waals surface area contributed by atoms with Gasteiger partial charge in [0.15, 0.2) is 5.13 Å². The second-order valence-electron chi connectivity index (χ2n) is 5.18. The highest BCUT2D eigenvalue weighted by molar-refractivity contribution is 7.16. The summed E-state index contributed by atoms with van der Waals surface area (Å²) in [7, 11) is 0. The summed E-state index contributed by atoms with van der Waals surface area (Å²) in [4.78, 5) is 19.6. The Morgan fingerprint density at radius 2 is 2.28 bits per heavy atom. The number of hydrogen-bond donors (Lipinski definition) is 2. The van der Waals surface area contributed by atoms with E-state index in [-0.39, 0.29) is 17.9 Å². The Kier molecular flexibility index (Phi) is 3.09. The number of fused-ring (bicyclic) bond motifs is 1. The zero-order chi connectivity index (χ0) is 12.7. The van der Waals surface area contributed by atoms with Crippen molar-refractivity contribution in [3.8, 4) is 0 Å². The third-order valence-corrected chi connectivity index (χ3v) is 4.88. The highest BCUT2D eigenvalue weighted by atomic mass is 32.1. The van der Waals surface area contributed by atoms with Crippen LogP contribution in [-0.4, -0.2) is 30.0 Å². The zero-order valence-electron chi connectivity index (χ0n) is 10.3. The Bertz CT molecular complexity index is 473. The number of carbonyl (C=O) groups excluding carboxylic acids is 1. The van der Waals surface area contributed by atoms with E-state index in [1.165, 1.54) is 4.88 Å². The maximum Gasteiger partial charge on any atom is 0.229 e. The van der Waals surface area contributed by atoms with Crippen LogP contribution in [0.5, 0.6) is 0 Å². The second kappa shape index (κ2) is 4.60. The molecule has 1 amide bonds. The van der Waals surface area contributed by atoms with E-state index in [1.807, 2.05) is 0 Å². The van der Waals surface area contributed by atoms with Crippen LogP contribution >= 0.6 is 11.3 Å². The highest BCUT2D eigenvalue weighted by Gasteiger charge is 2.32. The van der Waals surface area contributed by atoms with Gasteiger partial charge in [-0.05, 0) is 31.7 Å². The largest absolute Gasteiger partial charge is 0.330 e. The summed E-state index contributed by atoms with van der Waals surface area (Å²) >= 11 is 1.63. The molecule has 98 valence electrons. The Morgan fingerprint density at radius 1 is 1.44 bits per heavy atom. The van der Waals surface area contributed by atoms with E-state index in [0.29, 0.717) is 19.5 Å². The molecule has 2 heterocycles. The van der Waals surface area contributed by atoms with Crippen LogP contribution in [0.2, 0.25) is 0 Å². The molecule has 2 atom stereocenters. The van der Waals surface area contributed by atoms with Crippen LogP contribution in [0.15, 0.2) is 0 Å². The minimum absolute atomic E-state index is 0.154. The number of rotatable bonds is 2. The fourth-order valence-electron chi connectivity index (χ4n) is 2.63. The number of carbonyl (C=O) groups is 1. The molecule has 1 aliphatic heterocycles. The maximum atomic E-state index is 11.9. The Labute approximate surface area is 110 Å². The fraction of sp³-hybridized carbons (Fsp3) is 0.667. The van der Waals surface area contributed by atoms with Gasteiger partial charge in [-0.2, -0.15) is 0 Å². The molecule has 0 spiro atoms. The smallest absolute Gasteiger partial charge is 0.229 e. The Morgan fingerprint density at radius 3 is 3.00 bits per heavy atom. The van der Waals surface area contributed by atoms with Gasteiger partial charge in [-0.3, -0.25) is 9.69 Å². The van der Waals surface area contributed by atoms with Gasteiger partial charge >= 0.3 is 0 Å². The van der Waals surface area contributed by atoms with Gasteiger partial charge in [0.25, 0.3) is 0 Å². The molecule has 0 bridgehead atoms. The van der Waals surface area contributed by atoms with Gasteiger partial charge in [0.05, 0.1) is 5.69 Å². The Hall–Kier alpha value is -0.980. The van der Waals surface area contributed by atoms with Crippen molar-refractivity contribution < 1.29 is 4.79 Å². The predicted molar refractivity (Wildman–Crippen MR) is 71.6 cm³/mol. The number of hydrogen-bond acceptors (Lipinski definition) is 5. The predicted octanol–water partition coefficient (Wildman–Crippen LogP) is 0.271. The summed E-state index contributed by atoms with van der Waals surface area (Å²) in [6.07, 6.45) is 3.39. The molecule has 1 saturated heterocycles. The van der Waals surface area contributed by atoms with Crippen LogP contribution < -0.4 is 16.4 Å². The van der Waals surface area contributed by atoms with E-state index in [4.69, 9.17) is 11.5 Å². The molecule has 1 aromatic heterocycles. The number of thiazole rings is 1. The first-order valence-electron chi connectivity index (χ1n) is 6.42. The lowest BCUT2D eigenvalue weighted by Gasteiger charge is -2.15. The molecule has 18 heavy (non-hydrogen) atoms. The number of nitrogens with two attached hydrogens (primary N) is 2. The van der Waals surface area contributed by atoms with Gasteiger partial charge in [0.1, 0.15) is 0 Å². The van der Waals surface area contributed by atoms with Gasteiger partial charge in [0, 0.05) is 23.9 Å². The Balaban J connectivity index is 1.83. The number of aryl methyl sites for hydroxylation is 1. The first-order chi connectivity index (χ1) is 8.67. The number of aromatic nitrogens is 1. The normalized spacial score (nSPS) is 27.7. The van der Waals surface area contributed by atoms with Crippen LogP contribution in [-0.2, 0) is 17.6 Å². The van der Waals surface area contributed by atoms with Crippen molar-refractivity contribution in [3.05, 3.63) is 10.6 Å². The average molecular weight is 266 g/mol. The van der Waals surface area contributed by atoms with E-state index in [9.17, 15) is 4.79 Å². The van der Waals surface area contributed by atoms with Crippen LogP contribution in [0.3, 0.4) is 0 Å². The molecule has 1 fully saturated rings. The van der Waals surface area contributed by atoms with Crippen molar-refractivity contribution >= 4 is 22.4 Å². The quantitative estimate of drug-likeness (QED) is 0.804. The summed E-state index contributed by atoms with van der Waals surface area (Å²) in [6.45, 7) is 1.28. The van der Waals surface area contributed by atoms with Crippen LogP contribution in [0, 0.1) is 5.92 Å². The van der Waals surface area contributed by atoms with Gasteiger partial charge in [-0.25, -0.2) is 4.98 Å². The van der Waals surface area contributed by atoms with Crippen molar-refractivity contribution in [3.63, 3.8) is 0 Å². The van der Waals surface area contributed by atoms with Crippen molar-refractivity contribution in [1.82, 2.24) is 4.98 Å². The molecule has 3 rings (SSSR count). The van der Waals surface area contributed by atoms with Crippen LogP contribution in [0.4, 0.5) is 5.13 Å². The molecule has 4 N–H and O–H groups in total. The highest BCUT2D eigenvalue weighted by Crippen LogP contribution is 2.34. The van der Waals surface area contributed by atoms with Crippen LogP contribution in [0.25, 0.3) is 0 Å². The van der Waals surface area contributed by atoms with Crippen molar-refractivity contribution in [1.29, 1.82) is 0 Å². The lowest BCUT2D eigenvalue weighted by molar-refractivity contribution is -0.117. The fourth-order valence-corrected chi connectivity index (χ4v) is 3.85. The summed E-state index contributed by atoms with van der Waals surface area (Å²) in [5.74, 6) is 0.432. The van der Waals surface area contributed by atoms with Gasteiger partial charge in [-0.1, -0.05) is 0 Å². The van der Waals surface area contributed by atoms with E-state index >= 15 is 0 Å². The molecule has 1 aliphatic carbocycles.